The molecule has 0 unspecified atom stereocenters. The van der Waals surface area contributed by atoms with Gasteiger partial charge < -0.3 is 19.5 Å². The minimum absolute atomic E-state index is 0.708. The average Bonchev–Trinajstić information content (AvgIpc) is 2.74. The average molecular weight is 461 g/mol. The summed E-state index contributed by atoms with van der Waals surface area (Å²) in [5.41, 5.74) is 0. The van der Waals surface area contributed by atoms with Crippen molar-refractivity contribution in [2.45, 2.75) is 159 Å². The summed E-state index contributed by atoms with van der Waals surface area (Å²) in [5.74, 6) is 0. The molecule has 0 heterocycles. The van der Waals surface area contributed by atoms with Crippen molar-refractivity contribution in [1.82, 2.24) is 0 Å². The van der Waals surface area contributed by atoms with Crippen LogP contribution in [0.25, 0.3) is 0 Å². The maximum atomic E-state index is 7.00. The summed E-state index contributed by atoms with van der Waals surface area (Å²) in [6.07, 6.45) is 11.1. The minimum atomic E-state index is 0.708. The quantitative estimate of drug-likeness (QED) is 0.160. The lowest BCUT2D eigenvalue weighted by Crippen LogP contribution is -2.65. The van der Waals surface area contributed by atoms with Crippen molar-refractivity contribution in [1.29, 1.82) is 0 Å². The molecule has 0 aromatic carbocycles. The van der Waals surface area contributed by atoms with Gasteiger partial charge in [-0.1, -0.05) is 53.4 Å². The van der Waals surface area contributed by atoms with E-state index in [2.05, 4.69) is 83.1 Å². The first-order valence-corrected chi connectivity index (χ1v) is 13.9. The topological polar surface area (TPSA) is 46.1 Å². The van der Waals surface area contributed by atoms with Crippen LogP contribution in [-0.2, 0) is 0 Å². The van der Waals surface area contributed by atoms with Crippen LogP contribution in [0.2, 0.25) is 0 Å². The molecule has 0 aliphatic rings. The van der Waals surface area contributed by atoms with Gasteiger partial charge in [-0.2, -0.15) is 0 Å². The molecule has 0 aromatic rings. The zero-order chi connectivity index (χ0) is 25.8. The summed E-state index contributed by atoms with van der Waals surface area (Å²) in [6.45, 7) is 33.8. The van der Waals surface area contributed by atoms with Crippen molar-refractivity contribution in [3.8, 4) is 0 Å². The van der Waals surface area contributed by atoms with E-state index in [1.165, 1.54) is 86.5 Å². The second kappa shape index (κ2) is 21.4. The Labute approximate surface area is 204 Å². The third kappa shape index (κ3) is 12.9. The fraction of sp³-hybridized carbons (Fsp3) is 1.00. The molecule has 0 rings (SSSR count). The molecule has 0 saturated heterocycles. The first kappa shape index (κ1) is 36.4. The van der Waals surface area contributed by atoms with Gasteiger partial charge in [-0.15, -0.1) is 0 Å². The minimum Gasteiger partial charge on any atom is -1.00 e. The molecular weight excluding hydrogens is 396 g/mol. The lowest BCUT2D eigenvalue weighted by molar-refractivity contribution is -1.00. The Bertz CT molecular complexity index is 307. The zero-order valence-corrected chi connectivity index (χ0v) is 24.5. The molecule has 198 valence electrons. The van der Waals surface area contributed by atoms with Gasteiger partial charge in [0.15, 0.2) is 0 Å². The fourth-order valence-electron chi connectivity index (χ4n) is 6.22. The number of rotatable bonds is 16. The number of quaternary nitrogens is 2. The maximum Gasteiger partial charge on any atom is 0.0839 e. The Kier molecular flexibility index (Phi) is 24.3. The van der Waals surface area contributed by atoms with Crippen LogP contribution in [0.1, 0.15) is 134 Å². The van der Waals surface area contributed by atoms with Crippen molar-refractivity contribution in [3.05, 3.63) is 0 Å². The largest absolute Gasteiger partial charge is 1.00 e. The van der Waals surface area contributed by atoms with Crippen molar-refractivity contribution in [2.24, 2.45) is 0 Å². The van der Waals surface area contributed by atoms with E-state index in [9.17, 15) is 0 Å². The molecular formula is C28H64N2O2. The third-order valence-corrected chi connectivity index (χ3v) is 7.52. The van der Waals surface area contributed by atoms with Gasteiger partial charge >= 0.3 is 0 Å². The molecule has 0 saturated carbocycles. The number of unbranched alkanes of at least 4 members (excludes halogenated alkanes) is 4. The van der Waals surface area contributed by atoms with Gasteiger partial charge in [0.05, 0.1) is 50.3 Å². The van der Waals surface area contributed by atoms with Crippen molar-refractivity contribution in [2.75, 3.05) is 26.2 Å². The Hall–Kier alpha value is -0.160. The van der Waals surface area contributed by atoms with Crippen LogP contribution in [0.5, 0.6) is 0 Å². The van der Waals surface area contributed by atoms with E-state index in [0.717, 1.165) is 0 Å². The molecule has 0 spiro atoms. The summed E-state index contributed by atoms with van der Waals surface area (Å²) in [4.78, 5) is 0. The van der Waals surface area contributed by atoms with E-state index in [1.807, 2.05) is 0 Å². The monoisotopic (exact) mass is 460 g/mol. The van der Waals surface area contributed by atoms with E-state index >= 15 is 0 Å². The van der Waals surface area contributed by atoms with Crippen LogP contribution < -0.4 is 10.5 Å². The number of hydrogen-bond acceptors (Lipinski definition) is 2. The lowest BCUT2D eigenvalue weighted by atomic mass is 10.0. The highest BCUT2D eigenvalue weighted by Crippen LogP contribution is 2.28. The normalized spacial score (nSPS) is 12.2. The molecule has 0 aliphatic heterocycles. The molecule has 4 heteroatoms. The molecule has 0 aliphatic carbocycles. The molecule has 0 aromatic heterocycles. The predicted molar refractivity (Wildman–Crippen MR) is 140 cm³/mol. The summed E-state index contributed by atoms with van der Waals surface area (Å²) in [7, 11) is 0. The van der Waals surface area contributed by atoms with E-state index in [1.54, 1.807) is 0 Å². The van der Waals surface area contributed by atoms with Gasteiger partial charge in [-0.05, 0) is 81.1 Å². The van der Waals surface area contributed by atoms with Gasteiger partial charge in [-0.3, -0.25) is 0 Å². The summed E-state index contributed by atoms with van der Waals surface area (Å²) < 4.78 is 2.64. The zero-order valence-electron chi connectivity index (χ0n) is 24.5. The maximum absolute atomic E-state index is 7.00. The number of hydrogen-bond donors (Lipinski definition) is 0. The molecule has 0 fully saturated rings. The highest BCUT2D eigenvalue weighted by atomic mass is 17.0. The van der Waals surface area contributed by atoms with Crippen molar-refractivity contribution >= 4 is 0 Å². The second-order valence-corrected chi connectivity index (χ2v) is 10.9. The lowest BCUT2D eigenvalue weighted by Gasteiger charge is -2.52. The molecule has 0 bridgehead atoms. The van der Waals surface area contributed by atoms with Crippen LogP contribution in [0, 0.1) is 0 Å². The van der Waals surface area contributed by atoms with Gasteiger partial charge in [0.1, 0.15) is 0 Å². The first-order chi connectivity index (χ1) is 15.0. The predicted octanol–water partition coefficient (Wildman–Crippen LogP) is 6.06. The van der Waals surface area contributed by atoms with Crippen LogP contribution in [0.4, 0.5) is 0 Å². The Morgan fingerprint density at radius 1 is 0.438 bits per heavy atom. The molecule has 0 atom stereocenters. The fourth-order valence-corrected chi connectivity index (χ4v) is 6.22. The van der Waals surface area contributed by atoms with E-state index in [4.69, 9.17) is 10.5 Å². The van der Waals surface area contributed by atoms with Crippen LogP contribution in [0.3, 0.4) is 0 Å². The summed E-state index contributed by atoms with van der Waals surface area (Å²) in [6, 6.07) is 2.83. The smallest absolute Gasteiger partial charge is 0.0839 e. The standard InChI is InChI=1S/C16H36N.C12H28N.O2/c1-5-9-13-17(14-10-6-2,15-11-7-3)16-12-8-4;1-9(2)13(10(3)4,11(5)6)12(7)8;1-2/h5-16H2,1-4H3;9-12H,1-8H3;/q2*+1;-2. The molecule has 0 amide bonds. The second-order valence-electron chi connectivity index (χ2n) is 10.9. The van der Waals surface area contributed by atoms with Gasteiger partial charge in [0.2, 0.25) is 0 Å². The van der Waals surface area contributed by atoms with Crippen LogP contribution >= 0.6 is 0 Å². The highest BCUT2D eigenvalue weighted by Gasteiger charge is 2.40. The third-order valence-electron chi connectivity index (χ3n) is 7.52. The molecule has 0 N–H and O–H groups in total. The van der Waals surface area contributed by atoms with E-state index in [0.29, 0.717) is 24.2 Å². The first-order valence-electron chi connectivity index (χ1n) is 13.9. The van der Waals surface area contributed by atoms with Crippen LogP contribution in [0.15, 0.2) is 0 Å². The molecule has 0 radical (unpaired) electrons. The molecule has 32 heavy (non-hydrogen) atoms. The van der Waals surface area contributed by atoms with E-state index in [-0.39, 0.29) is 0 Å². The molecule has 4 nitrogen and oxygen atoms in total. The number of nitrogens with zero attached hydrogens (tertiary/aromatic N) is 2. The summed E-state index contributed by atoms with van der Waals surface area (Å²) in [5, 5.41) is 14.0. The SMILES string of the molecule is CC(C)[N+](C(C)C)(C(C)C)C(C)C.CCCC[N+](CCCC)(CCCC)CCCC.[O-][O-]. The Balaban J connectivity index is -0.000000502. The Morgan fingerprint density at radius 3 is 0.719 bits per heavy atom. The van der Waals surface area contributed by atoms with E-state index < -0.39 is 0 Å². The van der Waals surface area contributed by atoms with Gasteiger partial charge in [0, 0.05) is 0 Å². The Morgan fingerprint density at radius 2 is 0.625 bits per heavy atom. The van der Waals surface area contributed by atoms with Gasteiger partial charge in [0.25, 0.3) is 0 Å². The van der Waals surface area contributed by atoms with Gasteiger partial charge in [-0.25, -0.2) is 0 Å². The van der Waals surface area contributed by atoms with Crippen molar-refractivity contribution < 1.29 is 19.5 Å². The van der Waals surface area contributed by atoms with Crippen LogP contribution in [-0.4, -0.2) is 59.3 Å². The highest BCUT2D eigenvalue weighted by molar-refractivity contribution is 4.61. The summed E-state index contributed by atoms with van der Waals surface area (Å²) >= 11 is 0. The van der Waals surface area contributed by atoms with Crippen molar-refractivity contribution in [3.63, 3.8) is 0 Å².